The number of amides is 2. The van der Waals surface area contributed by atoms with E-state index in [1.165, 1.54) is 19.2 Å². The number of benzene rings is 2. The minimum absolute atomic E-state index is 0.0577. The molecule has 0 fully saturated rings. The van der Waals surface area contributed by atoms with Crippen molar-refractivity contribution in [2.45, 2.75) is 20.4 Å². The van der Waals surface area contributed by atoms with Crippen LogP contribution in [0.5, 0.6) is 0 Å². The second kappa shape index (κ2) is 9.98. The molecule has 1 aromatic heterocycles. The van der Waals surface area contributed by atoms with Gasteiger partial charge in [-0.05, 0) is 31.0 Å². The Kier molecular flexibility index (Phi) is 7.09. The van der Waals surface area contributed by atoms with Crippen molar-refractivity contribution in [3.8, 4) is 0 Å². The maximum atomic E-state index is 12.3. The standard InChI is InChI=1S/C22H22N4O8/c1-13-5-4-6-14(2)21(13)23-18(27)10-24(3)19(28)12-33-20(29)11-25-16-8-7-15(26(31)32)9-17(16)34-22(25)30/h4-9H,10-12H2,1-3H3,(H,23,27). The Morgan fingerprint density at radius 3 is 2.50 bits per heavy atom. The maximum Gasteiger partial charge on any atom is 0.420 e. The molecule has 0 saturated carbocycles. The predicted octanol–water partition coefficient (Wildman–Crippen LogP) is 1.76. The Labute approximate surface area is 192 Å². The van der Waals surface area contributed by atoms with E-state index in [1.54, 1.807) is 0 Å². The SMILES string of the molecule is Cc1cccc(C)c1NC(=O)CN(C)C(=O)COC(=O)Cn1c(=O)oc2cc([N+](=O)[O-])ccc21. The number of anilines is 1. The number of carbonyl (C=O) groups excluding carboxylic acids is 3. The van der Waals surface area contributed by atoms with Crippen molar-refractivity contribution in [2.24, 2.45) is 0 Å². The van der Waals surface area contributed by atoms with Gasteiger partial charge in [0.25, 0.3) is 11.6 Å². The average Bonchev–Trinajstić information content (AvgIpc) is 3.08. The third kappa shape index (κ3) is 5.46. The number of fused-ring (bicyclic) bond motifs is 1. The molecule has 1 N–H and O–H groups in total. The van der Waals surface area contributed by atoms with Gasteiger partial charge < -0.3 is 19.4 Å². The van der Waals surface area contributed by atoms with Crippen LogP contribution < -0.4 is 11.1 Å². The van der Waals surface area contributed by atoms with Crippen LogP contribution in [-0.2, 0) is 25.7 Å². The molecule has 1 heterocycles. The predicted molar refractivity (Wildman–Crippen MR) is 120 cm³/mol. The fraction of sp³-hybridized carbons (Fsp3) is 0.273. The van der Waals surface area contributed by atoms with E-state index >= 15 is 0 Å². The first-order chi connectivity index (χ1) is 16.1. The minimum Gasteiger partial charge on any atom is -0.454 e. The number of likely N-dealkylation sites (N-methyl/N-ethyl adjacent to an activating group) is 1. The van der Waals surface area contributed by atoms with E-state index in [2.05, 4.69) is 5.32 Å². The number of nitrogens with zero attached hydrogens (tertiary/aromatic N) is 3. The number of nitro groups is 1. The Morgan fingerprint density at radius 2 is 1.85 bits per heavy atom. The van der Waals surface area contributed by atoms with Crippen LogP contribution in [0.3, 0.4) is 0 Å². The number of rotatable bonds is 8. The molecule has 2 amide bonds. The van der Waals surface area contributed by atoms with Gasteiger partial charge in [0.2, 0.25) is 5.91 Å². The summed E-state index contributed by atoms with van der Waals surface area (Å²) in [7, 11) is 1.39. The molecule has 0 spiro atoms. The molecular formula is C22H22N4O8. The van der Waals surface area contributed by atoms with Gasteiger partial charge in [-0.15, -0.1) is 0 Å². The zero-order valence-corrected chi connectivity index (χ0v) is 18.7. The number of oxazole rings is 1. The third-order valence-electron chi connectivity index (χ3n) is 5.06. The van der Waals surface area contributed by atoms with E-state index in [4.69, 9.17) is 9.15 Å². The Hall–Kier alpha value is -4.48. The van der Waals surface area contributed by atoms with Crippen molar-refractivity contribution in [1.82, 2.24) is 9.47 Å². The number of ether oxygens (including phenoxy) is 1. The number of carbonyl (C=O) groups is 3. The van der Waals surface area contributed by atoms with Crippen molar-refractivity contribution < 1.29 is 28.5 Å². The number of aryl methyl sites for hydroxylation is 2. The number of esters is 1. The number of non-ortho nitro benzene ring substituents is 1. The van der Waals surface area contributed by atoms with Gasteiger partial charge in [-0.3, -0.25) is 29.1 Å². The smallest absolute Gasteiger partial charge is 0.420 e. The van der Waals surface area contributed by atoms with Crippen LogP contribution in [0.2, 0.25) is 0 Å². The topological polar surface area (TPSA) is 154 Å². The van der Waals surface area contributed by atoms with Crippen molar-refractivity contribution in [3.63, 3.8) is 0 Å². The van der Waals surface area contributed by atoms with Crippen molar-refractivity contribution in [2.75, 3.05) is 25.5 Å². The number of hydrogen-bond acceptors (Lipinski definition) is 8. The second-order valence-electron chi connectivity index (χ2n) is 7.59. The van der Waals surface area contributed by atoms with Gasteiger partial charge in [0, 0.05) is 18.8 Å². The number of para-hydroxylation sites is 1. The lowest BCUT2D eigenvalue weighted by molar-refractivity contribution is -0.384. The van der Waals surface area contributed by atoms with Gasteiger partial charge in [-0.1, -0.05) is 18.2 Å². The molecule has 178 valence electrons. The largest absolute Gasteiger partial charge is 0.454 e. The molecule has 0 saturated heterocycles. The van der Waals surface area contributed by atoms with E-state index < -0.39 is 41.6 Å². The van der Waals surface area contributed by atoms with Crippen LogP contribution >= 0.6 is 0 Å². The molecule has 0 radical (unpaired) electrons. The lowest BCUT2D eigenvalue weighted by Crippen LogP contribution is -2.38. The normalized spacial score (nSPS) is 10.7. The molecule has 0 aliphatic carbocycles. The summed E-state index contributed by atoms with van der Waals surface area (Å²) in [5, 5.41) is 13.6. The molecule has 34 heavy (non-hydrogen) atoms. The third-order valence-corrected chi connectivity index (χ3v) is 5.06. The first kappa shape index (κ1) is 24.2. The summed E-state index contributed by atoms with van der Waals surface area (Å²) in [4.78, 5) is 60.1. The van der Waals surface area contributed by atoms with E-state index in [1.807, 2.05) is 32.0 Å². The molecule has 0 aliphatic heterocycles. The van der Waals surface area contributed by atoms with Crippen LogP contribution in [-0.4, -0.2) is 52.4 Å². The highest BCUT2D eigenvalue weighted by Gasteiger charge is 2.19. The zero-order valence-electron chi connectivity index (χ0n) is 18.7. The van der Waals surface area contributed by atoms with Gasteiger partial charge in [-0.25, -0.2) is 4.79 Å². The van der Waals surface area contributed by atoms with Crippen LogP contribution in [0.1, 0.15) is 11.1 Å². The number of hydrogen-bond donors (Lipinski definition) is 1. The summed E-state index contributed by atoms with van der Waals surface area (Å²) in [5.41, 5.74) is 2.27. The monoisotopic (exact) mass is 470 g/mol. The fourth-order valence-corrected chi connectivity index (χ4v) is 3.24. The summed E-state index contributed by atoms with van der Waals surface area (Å²) in [6, 6.07) is 9.09. The van der Waals surface area contributed by atoms with Crippen LogP contribution in [0.4, 0.5) is 11.4 Å². The Bertz CT molecular complexity index is 1320. The molecular weight excluding hydrogens is 448 g/mol. The molecule has 2 aromatic carbocycles. The highest BCUT2D eigenvalue weighted by Crippen LogP contribution is 2.20. The van der Waals surface area contributed by atoms with E-state index in [0.717, 1.165) is 26.7 Å². The second-order valence-corrected chi connectivity index (χ2v) is 7.59. The van der Waals surface area contributed by atoms with Crippen LogP contribution in [0.15, 0.2) is 45.6 Å². The van der Waals surface area contributed by atoms with Crippen LogP contribution in [0.25, 0.3) is 11.1 Å². The quantitative estimate of drug-likeness (QED) is 0.297. The van der Waals surface area contributed by atoms with Gasteiger partial charge in [0.1, 0.15) is 6.54 Å². The van der Waals surface area contributed by atoms with E-state index in [9.17, 15) is 29.3 Å². The summed E-state index contributed by atoms with van der Waals surface area (Å²) in [6.45, 7) is 2.25. The van der Waals surface area contributed by atoms with Gasteiger partial charge in [0.05, 0.1) is 23.1 Å². The molecule has 0 atom stereocenters. The number of nitro benzene ring substituents is 1. The van der Waals surface area contributed by atoms with Gasteiger partial charge in [0.15, 0.2) is 12.2 Å². The lowest BCUT2D eigenvalue weighted by atomic mass is 10.1. The van der Waals surface area contributed by atoms with E-state index in [0.29, 0.717) is 5.69 Å². The summed E-state index contributed by atoms with van der Waals surface area (Å²) in [6.07, 6.45) is 0. The van der Waals surface area contributed by atoms with Crippen LogP contribution in [0, 0.1) is 24.0 Å². The lowest BCUT2D eigenvalue weighted by Gasteiger charge is -2.18. The van der Waals surface area contributed by atoms with Crippen molar-refractivity contribution >= 4 is 40.3 Å². The molecule has 12 nitrogen and oxygen atoms in total. The average molecular weight is 470 g/mol. The van der Waals surface area contributed by atoms with Gasteiger partial charge >= 0.3 is 11.7 Å². The summed E-state index contributed by atoms with van der Waals surface area (Å²) < 4.78 is 10.8. The number of nitrogens with one attached hydrogen (secondary N) is 1. The molecule has 0 bridgehead atoms. The minimum atomic E-state index is -0.904. The molecule has 0 unspecified atom stereocenters. The Morgan fingerprint density at radius 1 is 1.18 bits per heavy atom. The Balaban J connectivity index is 1.55. The molecule has 0 aliphatic rings. The molecule has 12 heteroatoms. The van der Waals surface area contributed by atoms with Crippen molar-refractivity contribution in [3.05, 3.63) is 68.2 Å². The summed E-state index contributed by atoms with van der Waals surface area (Å²) in [5.74, 6) is -2.83. The maximum absolute atomic E-state index is 12.3. The molecule has 3 aromatic rings. The van der Waals surface area contributed by atoms with Crippen molar-refractivity contribution in [1.29, 1.82) is 0 Å². The first-order valence-corrected chi connectivity index (χ1v) is 10.1. The summed E-state index contributed by atoms with van der Waals surface area (Å²) >= 11 is 0. The first-order valence-electron chi connectivity index (χ1n) is 10.1. The zero-order chi connectivity index (χ0) is 25.0. The fourth-order valence-electron chi connectivity index (χ4n) is 3.24. The number of aromatic nitrogens is 1. The molecule has 3 rings (SSSR count). The van der Waals surface area contributed by atoms with E-state index in [-0.39, 0.29) is 23.3 Å². The highest BCUT2D eigenvalue weighted by atomic mass is 16.6. The highest BCUT2D eigenvalue weighted by molar-refractivity contribution is 5.96. The van der Waals surface area contributed by atoms with Gasteiger partial charge in [-0.2, -0.15) is 0 Å².